The molecule has 0 aromatic heterocycles. The summed E-state index contributed by atoms with van der Waals surface area (Å²) >= 11 is 0. The molecule has 0 N–H and O–H groups in total. The van der Waals surface area contributed by atoms with Gasteiger partial charge in [0.25, 0.3) is 0 Å². The molecule has 0 saturated carbocycles. The molecule has 0 heterocycles. The Bertz CT molecular complexity index is 412. The van der Waals surface area contributed by atoms with Crippen LogP contribution in [0.2, 0.25) is 0 Å². The maximum atomic E-state index is 12.0. The van der Waals surface area contributed by atoms with E-state index in [4.69, 9.17) is 4.74 Å². The number of hydrogen-bond acceptors (Lipinski definition) is 2. The van der Waals surface area contributed by atoms with E-state index in [1.165, 1.54) is 5.56 Å². The van der Waals surface area contributed by atoms with Crippen molar-refractivity contribution in [3.63, 3.8) is 0 Å². The first kappa shape index (κ1) is 11.0. The zero-order valence-electron chi connectivity index (χ0n) is 9.99. The fourth-order valence-corrected chi connectivity index (χ4v) is 2.28. The van der Waals surface area contributed by atoms with E-state index in [1.54, 1.807) is 26.1 Å². The van der Waals surface area contributed by atoms with Gasteiger partial charge in [-0.15, -0.1) is 0 Å². The summed E-state index contributed by atoms with van der Waals surface area (Å²) in [5.74, 6) is 1.03. The van der Waals surface area contributed by atoms with Gasteiger partial charge in [0, 0.05) is 14.1 Å². The molecule has 1 atom stereocenters. The van der Waals surface area contributed by atoms with Gasteiger partial charge in [-0.3, -0.25) is 4.79 Å². The molecular formula is C13H17NO2. The highest BCUT2D eigenvalue weighted by atomic mass is 16.5. The van der Waals surface area contributed by atoms with Crippen molar-refractivity contribution in [2.45, 2.75) is 18.8 Å². The Morgan fingerprint density at radius 3 is 2.81 bits per heavy atom. The van der Waals surface area contributed by atoms with Gasteiger partial charge in [0.15, 0.2) is 0 Å². The van der Waals surface area contributed by atoms with Crippen molar-refractivity contribution in [2.24, 2.45) is 0 Å². The molecule has 86 valence electrons. The second-order valence-electron chi connectivity index (χ2n) is 4.39. The van der Waals surface area contributed by atoms with Gasteiger partial charge in [0.2, 0.25) is 5.91 Å². The van der Waals surface area contributed by atoms with Gasteiger partial charge in [-0.25, -0.2) is 0 Å². The van der Waals surface area contributed by atoms with Crippen LogP contribution in [0.4, 0.5) is 0 Å². The van der Waals surface area contributed by atoms with Crippen LogP contribution in [0.1, 0.15) is 23.5 Å². The Morgan fingerprint density at radius 1 is 1.44 bits per heavy atom. The molecular weight excluding hydrogens is 202 g/mol. The first-order valence-electron chi connectivity index (χ1n) is 5.51. The second-order valence-corrected chi connectivity index (χ2v) is 4.39. The molecule has 1 aromatic rings. The van der Waals surface area contributed by atoms with E-state index < -0.39 is 0 Å². The molecule has 1 amide bonds. The van der Waals surface area contributed by atoms with Crippen LogP contribution >= 0.6 is 0 Å². The smallest absolute Gasteiger partial charge is 0.229 e. The summed E-state index contributed by atoms with van der Waals surface area (Å²) in [4.78, 5) is 13.7. The minimum atomic E-state index is 0.0140. The number of hydrogen-bond donors (Lipinski definition) is 0. The minimum absolute atomic E-state index is 0.0140. The lowest BCUT2D eigenvalue weighted by Crippen LogP contribution is -2.27. The summed E-state index contributed by atoms with van der Waals surface area (Å²) < 4.78 is 5.20. The highest BCUT2D eigenvalue weighted by molar-refractivity contribution is 5.84. The highest BCUT2D eigenvalue weighted by Crippen LogP contribution is 2.36. The predicted octanol–water partition coefficient (Wildman–Crippen LogP) is 1.81. The van der Waals surface area contributed by atoms with E-state index in [9.17, 15) is 4.79 Å². The average Bonchev–Trinajstić information content (AvgIpc) is 2.70. The molecule has 16 heavy (non-hydrogen) atoms. The van der Waals surface area contributed by atoms with Gasteiger partial charge in [-0.1, -0.05) is 6.07 Å². The van der Waals surface area contributed by atoms with E-state index in [-0.39, 0.29) is 11.8 Å². The SMILES string of the molecule is COc1ccc2c(c1)C(C(=O)N(C)C)CC2. The van der Waals surface area contributed by atoms with Crippen molar-refractivity contribution in [1.29, 1.82) is 0 Å². The van der Waals surface area contributed by atoms with Crippen LogP contribution in [-0.4, -0.2) is 32.0 Å². The number of ether oxygens (including phenoxy) is 1. The van der Waals surface area contributed by atoms with E-state index >= 15 is 0 Å². The van der Waals surface area contributed by atoms with Crippen LogP contribution in [0.3, 0.4) is 0 Å². The van der Waals surface area contributed by atoms with Crippen LogP contribution < -0.4 is 4.74 Å². The zero-order valence-corrected chi connectivity index (χ0v) is 9.99. The fourth-order valence-electron chi connectivity index (χ4n) is 2.28. The quantitative estimate of drug-likeness (QED) is 0.759. The van der Waals surface area contributed by atoms with Crippen LogP contribution in [0.15, 0.2) is 18.2 Å². The third-order valence-corrected chi connectivity index (χ3v) is 3.17. The number of carbonyl (C=O) groups is 1. The summed E-state index contributed by atoms with van der Waals surface area (Å²) in [7, 11) is 5.26. The van der Waals surface area contributed by atoms with E-state index in [2.05, 4.69) is 6.07 Å². The minimum Gasteiger partial charge on any atom is -0.497 e. The van der Waals surface area contributed by atoms with Gasteiger partial charge in [0.05, 0.1) is 13.0 Å². The standard InChI is InChI=1S/C13H17NO2/c1-14(2)13(15)11-7-5-9-4-6-10(16-3)8-12(9)11/h4,6,8,11H,5,7H2,1-3H3. The Kier molecular flexibility index (Phi) is 2.86. The Morgan fingerprint density at radius 2 is 2.19 bits per heavy atom. The first-order valence-corrected chi connectivity index (χ1v) is 5.51. The third kappa shape index (κ3) is 1.77. The molecule has 0 spiro atoms. The fraction of sp³-hybridized carbons (Fsp3) is 0.462. The van der Waals surface area contributed by atoms with Crippen molar-refractivity contribution >= 4 is 5.91 Å². The molecule has 0 bridgehead atoms. The average molecular weight is 219 g/mol. The number of nitrogens with zero attached hydrogens (tertiary/aromatic N) is 1. The highest BCUT2D eigenvalue weighted by Gasteiger charge is 2.29. The van der Waals surface area contributed by atoms with Crippen molar-refractivity contribution < 1.29 is 9.53 Å². The number of amides is 1. The molecule has 3 nitrogen and oxygen atoms in total. The van der Waals surface area contributed by atoms with Crippen LogP contribution in [0, 0.1) is 0 Å². The summed E-state index contributed by atoms with van der Waals surface area (Å²) in [6.07, 6.45) is 1.91. The molecule has 0 radical (unpaired) electrons. The number of fused-ring (bicyclic) bond motifs is 1. The molecule has 0 saturated heterocycles. The lowest BCUT2D eigenvalue weighted by Gasteiger charge is -2.17. The third-order valence-electron chi connectivity index (χ3n) is 3.17. The Labute approximate surface area is 96.0 Å². The summed E-state index contributed by atoms with van der Waals surface area (Å²) in [5, 5.41) is 0. The maximum absolute atomic E-state index is 12.0. The van der Waals surface area contributed by atoms with Gasteiger partial charge in [-0.05, 0) is 36.1 Å². The maximum Gasteiger partial charge on any atom is 0.229 e. The van der Waals surface area contributed by atoms with Gasteiger partial charge < -0.3 is 9.64 Å². The summed E-state index contributed by atoms with van der Waals surface area (Å²) in [6.45, 7) is 0. The number of benzene rings is 1. The van der Waals surface area contributed by atoms with Crippen molar-refractivity contribution in [2.75, 3.05) is 21.2 Å². The first-order chi connectivity index (χ1) is 7.63. The number of aryl methyl sites for hydroxylation is 1. The number of methoxy groups -OCH3 is 1. The van der Waals surface area contributed by atoms with Crippen molar-refractivity contribution in [3.05, 3.63) is 29.3 Å². The predicted molar refractivity (Wildman–Crippen MR) is 62.8 cm³/mol. The normalized spacial score (nSPS) is 18.1. The van der Waals surface area contributed by atoms with Crippen LogP contribution in [0.25, 0.3) is 0 Å². The lowest BCUT2D eigenvalue weighted by atomic mass is 10.00. The van der Waals surface area contributed by atoms with Crippen molar-refractivity contribution in [1.82, 2.24) is 4.90 Å². The largest absolute Gasteiger partial charge is 0.497 e. The van der Waals surface area contributed by atoms with E-state index in [1.807, 2.05) is 12.1 Å². The summed E-state index contributed by atoms with van der Waals surface area (Å²) in [5.41, 5.74) is 2.42. The number of rotatable bonds is 2. The van der Waals surface area contributed by atoms with E-state index in [0.29, 0.717) is 0 Å². The van der Waals surface area contributed by atoms with Crippen LogP contribution in [0.5, 0.6) is 5.75 Å². The molecule has 2 rings (SSSR count). The second kappa shape index (κ2) is 4.16. The number of likely N-dealkylation sites (N-methyl/N-ethyl adjacent to an activating group) is 1. The van der Waals surface area contributed by atoms with Crippen LogP contribution in [-0.2, 0) is 11.2 Å². The molecule has 1 aliphatic rings. The molecule has 0 fully saturated rings. The zero-order chi connectivity index (χ0) is 11.7. The number of carbonyl (C=O) groups excluding carboxylic acids is 1. The van der Waals surface area contributed by atoms with Crippen molar-refractivity contribution in [3.8, 4) is 5.75 Å². The Balaban J connectivity index is 2.34. The monoisotopic (exact) mass is 219 g/mol. The lowest BCUT2D eigenvalue weighted by molar-refractivity contribution is -0.130. The molecule has 1 unspecified atom stereocenters. The molecule has 0 aliphatic heterocycles. The van der Waals surface area contributed by atoms with E-state index in [0.717, 1.165) is 24.2 Å². The molecule has 1 aliphatic carbocycles. The summed E-state index contributed by atoms with van der Waals surface area (Å²) in [6, 6.07) is 6.02. The van der Waals surface area contributed by atoms with Gasteiger partial charge in [0.1, 0.15) is 5.75 Å². The Hall–Kier alpha value is -1.51. The molecule has 1 aromatic carbocycles. The topological polar surface area (TPSA) is 29.5 Å². The van der Waals surface area contributed by atoms with Gasteiger partial charge in [-0.2, -0.15) is 0 Å². The van der Waals surface area contributed by atoms with Gasteiger partial charge >= 0.3 is 0 Å². The molecule has 3 heteroatoms.